The van der Waals surface area contributed by atoms with Crippen molar-refractivity contribution in [3.05, 3.63) is 29.6 Å². The van der Waals surface area contributed by atoms with Crippen molar-refractivity contribution in [1.29, 1.82) is 0 Å². The number of aryl methyl sites for hydroxylation is 1. The van der Waals surface area contributed by atoms with Gasteiger partial charge < -0.3 is 11.1 Å². The van der Waals surface area contributed by atoms with Gasteiger partial charge in [0.2, 0.25) is 0 Å². The zero-order valence-electron chi connectivity index (χ0n) is 8.49. The van der Waals surface area contributed by atoms with Crippen LogP contribution in [0.5, 0.6) is 0 Å². The second kappa shape index (κ2) is 5.09. The molecule has 0 bridgehead atoms. The van der Waals surface area contributed by atoms with Crippen LogP contribution in [0.1, 0.15) is 11.3 Å². The van der Waals surface area contributed by atoms with Crippen molar-refractivity contribution in [3.63, 3.8) is 0 Å². The van der Waals surface area contributed by atoms with Crippen LogP contribution in [0, 0.1) is 6.92 Å². The monoisotopic (exact) mass is 207 g/mol. The van der Waals surface area contributed by atoms with Gasteiger partial charge in [0.1, 0.15) is 0 Å². The molecule has 2 amide bonds. The first-order valence-corrected chi connectivity index (χ1v) is 4.54. The van der Waals surface area contributed by atoms with Crippen molar-refractivity contribution >= 4 is 11.8 Å². The van der Waals surface area contributed by atoms with Gasteiger partial charge in [-0.15, -0.1) is 0 Å². The summed E-state index contributed by atoms with van der Waals surface area (Å²) in [6, 6.07) is 3.00. The SMILES string of the molecule is Cc1ccnc(CC(=O)CNC(N)=O)c1. The predicted octanol–water partition coefficient (Wildman–Crippen LogP) is 0.170. The second-order valence-electron chi connectivity index (χ2n) is 3.26. The van der Waals surface area contributed by atoms with Crippen LogP contribution in [0.2, 0.25) is 0 Å². The Bertz CT molecular complexity index is 377. The normalized spacial score (nSPS) is 9.67. The number of primary amides is 1. The van der Waals surface area contributed by atoms with E-state index in [4.69, 9.17) is 5.73 Å². The number of ketones is 1. The van der Waals surface area contributed by atoms with Crippen molar-refractivity contribution in [2.45, 2.75) is 13.3 Å². The van der Waals surface area contributed by atoms with Gasteiger partial charge in [-0.05, 0) is 24.6 Å². The molecule has 5 nitrogen and oxygen atoms in total. The third-order valence-corrected chi connectivity index (χ3v) is 1.81. The number of nitrogens with zero attached hydrogens (tertiary/aromatic N) is 1. The summed E-state index contributed by atoms with van der Waals surface area (Å²) in [6.07, 6.45) is 1.86. The van der Waals surface area contributed by atoms with Crippen LogP contribution in [0.4, 0.5) is 4.79 Å². The Morgan fingerprint density at radius 1 is 1.53 bits per heavy atom. The van der Waals surface area contributed by atoms with E-state index in [0.717, 1.165) is 5.56 Å². The molecule has 0 fully saturated rings. The van der Waals surface area contributed by atoms with E-state index >= 15 is 0 Å². The van der Waals surface area contributed by atoms with Crippen molar-refractivity contribution in [2.24, 2.45) is 5.73 Å². The van der Waals surface area contributed by atoms with E-state index in [1.54, 1.807) is 6.20 Å². The van der Waals surface area contributed by atoms with Crippen LogP contribution in [0.3, 0.4) is 0 Å². The number of hydrogen-bond acceptors (Lipinski definition) is 3. The first-order chi connectivity index (χ1) is 7.08. The molecule has 0 saturated heterocycles. The molecule has 1 heterocycles. The number of nitrogens with one attached hydrogen (secondary N) is 1. The molecule has 0 aliphatic rings. The number of aromatic nitrogens is 1. The van der Waals surface area contributed by atoms with Crippen molar-refractivity contribution < 1.29 is 9.59 Å². The van der Waals surface area contributed by atoms with E-state index in [1.165, 1.54) is 0 Å². The molecular formula is C10H13N3O2. The van der Waals surface area contributed by atoms with Gasteiger partial charge in [-0.1, -0.05) is 0 Å². The summed E-state index contributed by atoms with van der Waals surface area (Å²) in [7, 11) is 0. The van der Waals surface area contributed by atoms with Crippen LogP contribution < -0.4 is 11.1 Å². The first kappa shape index (κ1) is 11.2. The minimum absolute atomic E-state index is 0.0506. The molecular weight excluding hydrogens is 194 g/mol. The molecule has 0 atom stereocenters. The first-order valence-electron chi connectivity index (χ1n) is 4.54. The van der Waals surface area contributed by atoms with Gasteiger partial charge in [0.25, 0.3) is 0 Å². The molecule has 0 radical (unpaired) electrons. The lowest BCUT2D eigenvalue weighted by Crippen LogP contribution is -2.34. The molecule has 80 valence electrons. The summed E-state index contributed by atoms with van der Waals surface area (Å²) in [5.74, 6) is -0.119. The van der Waals surface area contributed by atoms with Crippen molar-refractivity contribution in [1.82, 2.24) is 10.3 Å². The van der Waals surface area contributed by atoms with Crippen LogP contribution in [0.15, 0.2) is 18.3 Å². The molecule has 0 aliphatic heterocycles. The molecule has 0 aliphatic carbocycles. The van der Waals surface area contributed by atoms with E-state index in [0.29, 0.717) is 5.69 Å². The molecule has 5 heteroatoms. The average Bonchev–Trinajstić information content (AvgIpc) is 2.15. The number of rotatable bonds is 4. The number of carbonyl (C=O) groups excluding carboxylic acids is 2. The summed E-state index contributed by atoms with van der Waals surface area (Å²) in [6.45, 7) is 1.88. The Hall–Kier alpha value is -1.91. The van der Waals surface area contributed by atoms with Gasteiger partial charge in [0, 0.05) is 11.9 Å². The fourth-order valence-corrected chi connectivity index (χ4v) is 1.15. The second-order valence-corrected chi connectivity index (χ2v) is 3.26. The maximum atomic E-state index is 11.3. The Labute approximate surface area is 87.7 Å². The van der Waals surface area contributed by atoms with E-state index in [9.17, 15) is 9.59 Å². The maximum absolute atomic E-state index is 11.3. The van der Waals surface area contributed by atoms with Crippen LogP contribution >= 0.6 is 0 Å². The molecule has 3 N–H and O–H groups in total. The fourth-order valence-electron chi connectivity index (χ4n) is 1.15. The summed E-state index contributed by atoms with van der Waals surface area (Å²) >= 11 is 0. The minimum atomic E-state index is -0.694. The Kier molecular flexibility index (Phi) is 3.79. The van der Waals surface area contributed by atoms with Crippen LogP contribution in [0.25, 0.3) is 0 Å². The van der Waals surface area contributed by atoms with Gasteiger partial charge in [0.15, 0.2) is 5.78 Å². The number of pyridine rings is 1. The standard InChI is InChI=1S/C10H13N3O2/c1-7-2-3-12-8(4-7)5-9(14)6-13-10(11)15/h2-4H,5-6H2,1H3,(H3,11,13,15). The number of urea groups is 1. The third kappa shape index (κ3) is 4.21. The lowest BCUT2D eigenvalue weighted by Gasteiger charge is -2.02. The predicted molar refractivity (Wildman–Crippen MR) is 55.3 cm³/mol. The highest BCUT2D eigenvalue weighted by molar-refractivity contribution is 5.86. The fraction of sp³-hybridized carbons (Fsp3) is 0.300. The zero-order valence-corrected chi connectivity index (χ0v) is 8.49. The van der Waals surface area contributed by atoms with Gasteiger partial charge in [-0.2, -0.15) is 0 Å². The Morgan fingerprint density at radius 3 is 2.87 bits per heavy atom. The molecule has 15 heavy (non-hydrogen) atoms. The zero-order chi connectivity index (χ0) is 11.3. The molecule has 1 aromatic rings. The summed E-state index contributed by atoms with van der Waals surface area (Å²) in [5, 5.41) is 2.24. The smallest absolute Gasteiger partial charge is 0.312 e. The number of Topliss-reactive ketones (excluding diaryl/α,β-unsaturated/α-hetero) is 1. The number of hydrogen-bond donors (Lipinski definition) is 2. The lowest BCUT2D eigenvalue weighted by molar-refractivity contribution is -0.117. The quantitative estimate of drug-likeness (QED) is 0.738. The Morgan fingerprint density at radius 2 is 2.27 bits per heavy atom. The van der Waals surface area contributed by atoms with E-state index in [2.05, 4.69) is 10.3 Å². The van der Waals surface area contributed by atoms with Crippen LogP contribution in [-0.4, -0.2) is 23.3 Å². The Balaban J connectivity index is 2.48. The maximum Gasteiger partial charge on any atom is 0.312 e. The summed E-state index contributed by atoms with van der Waals surface area (Å²) in [4.78, 5) is 25.7. The highest BCUT2D eigenvalue weighted by atomic mass is 16.2. The van der Waals surface area contributed by atoms with Crippen molar-refractivity contribution in [3.8, 4) is 0 Å². The lowest BCUT2D eigenvalue weighted by atomic mass is 10.1. The molecule has 0 aromatic carbocycles. The minimum Gasteiger partial charge on any atom is -0.352 e. The molecule has 0 spiro atoms. The van der Waals surface area contributed by atoms with E-state index in [1.807, 2.05) is 19.1 Å². The number of carbonyl (C=O) groups is 2. The van der Waals surface area contributed by atoms with E-state index in [-0.39, 0.29) is 18.7 Å². The molecule has 0 unspecified atom stereocenters. The van der Waals surface area contributed by atoms with E-state index < -0.39 is 6.03 Å². The van der Waals surface area contributed by atoms with Crippen LogP contribution in [-0.2, 0) is 11.2 Å². The molecule has 1 rings (SSSR count). The third-order valence-electron chi connectivity index (χ3n) is 1.81. The van der Waals surface area contributed by atoms with Gasteiger partial charge in [0.05, 0.1) is 13.0 Å². The summed E-state index contributed by atoms with van der Waals surface area (Å²) in [5.41, 5.74) is 6.59. The molecule has 0 saturated carbocycles. The highest BCUT2D eigenvalue weighted by Gasteiger charge is 2.05. The van der Waals surface area contributed by atoms with Gasteiger partial charge in [-0.25, -0.2) is 4.79 Å². The summed E-state index contributed by atoms with van der Waals surface area (Å²) < 4.78 is 0. The van der Waals surface area contributed by atoms with Gasteiger partial charge in [-0.3, -0.25) is 9.78 Å². The topological polar surface area (TPSA) is 85.1 Å². The number of amides is 2. The van der Waals surface area contributed by atoms with Crippen molar-refractivity contribution in [2.75, 3.05) is 6.54 Å². The number of nitrogens with two attached hydrogens (primary N) is 1. The van der Waals surface area contributed by atoms with Gasteiger partial charge >= 0.3 is 6.03 Å². The largest absolute Gasteiger partial charge is 0.352 e. The molecule has 1 aromatic heterocycles. The highest BCUT2D eigenvalue weighted by Crippen LogP contribution is 2.00. The average molecular weight is 207 g/mol.